The molecule has 0 unspecified atom stereocenters. The van der Waals surface area contributed by atoms with Crippen molar-refractivity contribution in [3.63, 3.8) is 0 Å². The van der Waals surface area contributed by atoms with Crippen LogP contribution in [0, 0.1) is 6.92 Å². The van der Waals surface area contributed by atoms with Gasteiger partial charge in [0.05, 0.1) is 17.9 Å². The van der Waals surface area contributed by atoms with Crippen LogP contribution in [0.2, 0.25) is 0 Å². The molecule has 2 rings (SSSR count). The molecule has 4 nitrogen and oxygen atoms in total. The first kappa shape index (κ1) is 18.4. The summed E-state index contributed by atoms with van der Waals surface area (Å²) in [4.78, 5) is 18.7. The molecule has 8 heteroatoms. The largest absolute Gasteiger partial charge is 0.416 e. The number of nitrogens with zero attached hydrogens (tertiary/aromatic N) is 2. The van der Waals surface area contributed by atoms with Crippen molar-refractivity contribution in [2.24, 2.45) is 0 Å². The third-order valence-corrected chi connectivity index (χ3v) is 4.68. The van der Waals surface area contributed by atoms with Crippen molar-refractivity contribution in [3.8, 4) is 10.6 Å². The molecular formula is C16H17F3N2O2S. The molecule has 1 heterocycles. The van der Waals surface area contributed by atoms with Gasteiger partial charge in [-0.25, -0.2) is 4.98 Å². The average Bonchev–Trinajstić information content (AvgIpc) is 2.93. The first-order chi connectivity index (χ1) is 11.3. The lowest BCUT2D eigenvalue weighted by Gasteiger charge is -2.18. The third kappa shape index (κ3) is 3.93. The Morgan fingerprint density at radius 2 is 1.92 bits per heavy atom. The lowest BCUT2D eigenvalue weighted by atomic mass is 10.1. The molecule has 0 saturated carbocycles. The van der Waals surface area contributed by atoms with Gasteiger partial charge in [-0.05, 0) is 26.0 Å². The van der Waals surface area contributed by atoms with E-state index >= 15 is 0 Å². The van der Waals surface area contributed by atoms with Crippen molar-refractivity contribution in [3.05, 3.63) is 40.4 Å². The number of aromatic nitrogens is 1. The van der Waals surface area contributed by atoms with Gasteiger partial charge in [-0.15, -0.1) is 11.3 Å². The fourth-order valence-electron chi connectivity index (χ4n) is 2.19. The van der Waals surface area contributed by atoms with Crippen molar-refractivity contribution in [1.82, 2.24) is 9.88 Å². The van der Waals surface area contributed by atoms with Crippen LogP contribution < -0.4 is 0 Å². The lowest BCUT2D eigenvalue weighted by Crippen LogP contribution is -2.33. The standard InChI is InChI=1S/C16H17F3N2O2S/c1-3-21(8-9-22)15(23)13-10(2)20-14(24-13)11-4-6-12(7-5-11)16(17,18)19/h4-7,22H,3,8-9H2,1-2H3. The number of hydrogen-bond acceptors (Lipinski definition) is 4. The summed E-state index contributed by atoms with van der Waals surface area (Å²) in [6, 6.07) is 4.69. The van der Waals surface area contributed by atoms with E-state index in [9.17, 15) is 18.0 Å². The summed E-state index contributed by atoms with van der Waals surface area (Å²) < 4.78 is 37.8. The molecule has 1 aromatic carbocycles. The Hall–Kier alpha value is -1.93. The average molecular weight is 358 g/mol. The van der Waals surface area contributed by atoms with Crippen molar-refractivity contribution in [2.45, 2.75) is 20.0 Å². The summed E-state index contributed by atoms with van der Waals surface area (Å²) in [6.45, 7) is 4.03. The van der Waals surface area contributed by atoms with Crippen molar-refractivity contribution >= 4 is 17.2 Å². The molecule has 0 aliphatic carbocycles. The van der Waals surface area contributed by atoms with Gasteiger partial charge in [0.15, 0.2) is 0 Å². The van der Waals surface area contributed by atoms with Gasteiger partial charge in [-0.3, -0.25) is 4.79 Å². The molecule has 1 amide bonds. The zero-order valence-corrected chi connectivity index (χ0v) is 14.0. The van der Waals surface area contributed by atoms with Gasteiger partial charge in [0, 0.05) is 18.7 Å². The molecule has 1 aromatic heterocycles. The molecule has 0 radical (unpaired) electrons. The summed E-state index contributed by atoms with van der Waals surface area (Å²) in [5, 5.41) is 9.50. The van der Waals surface area contributed by atoms with E-state index in [1.54, 1.807) is 13.8 Å². The number of hydrogen-bond donors (Lipinski definition) is 1. The molecule has 0 atom stereocenters. The smallest absolute Gasteiger partial charge is 0.395 e. The van der Waals surface area contributed by atoms with Gasteiger partial charge in [0.25, 0.3) is 5.91 Å². The van der Waals surface area contributed by atoms with Gasteiger partial charge in [0.2, 0.25) is 0 Å². The first-order valence-electron chi connectivity index (χ1n) is 7.33. The molecule has 24 heavy (non-hydrogen) atoms. The number of carbonyl (C=O) groups excluding carboxylic acids is 1. The van der Waals surface area contributed by atoms with E-state index in [2.05, 4.69) is 4.98 Å². The number of thiazole rings is 1. The fraction of sp³-hybridized carbons (Fsp3) is 0.375. The number of alkyl halides is 3. The minimum atomic E-state index is -4.38. The number of benzene rings is 1. The van der Waals surface area contributed by atoms with Crippen LogP contribution in [0.5, 0.6) is 0 Å². The van der Waals surface area contributed by atoms with Gasteiger partial charge < -0.3 is 10.0 Å². The Balaban J connectivity index is 2.30. The quantitative estimate of drug-likeness (QED) is 0.889. The molecule has 2 aromatic rings. The van der Waals surface area contributed by atoms with Crippen molar-refractivity contribution < 1.29 is 23.1 Å². The summed E-state index contributed by atoms with van der Waals surface area (Å²) in [5.41, 5.74) is 0.326. The zero-order chi connectivity index (χ0) is 17.9. The van der Waals surface area contributed by atoms with Gasteiger partial charge >= 0.3 is 6.18 Å². The van der Waals surface area contributed by atoms with E-state index in [0.29, 0.717) is 27.7 Å². The number of aliphatic hydroxyl groups is 1. The predicted molar refractivity (Wildman–Crippen MR) is 86.0 cm³/mol. The SMILES string of the molecule is CCN(CCO)C(=O)c1sc(-c2ccc(C(F)(F)F)cc2)nc1C. The molecule has 1 N–H and O–H groups in total. The maximum atomic E-state index is 12.6. The van der Waals surface area contributed by atoms with E-state index in [-0.39, 0.29) is 19.1 Å². The Morgan fingerprint density at radius 1 is 1.29 bits per heavy atom. The van der Waals surface area contributed by atoms with Crippen molar-refractivity contribution in [2.75, 3.05) is 19.7 Å². The van der Waals surface area contributed by atoms with Gasteiger partial charge in [-0.2, -0.15) is 13.2 Å². The number of aliphatic hydroxyl groups excluding tert-OH is 1. The second kappa shape index (κ2) is 7.31. The number of likely N-dealkylation sites (N-methyl/N-ethyl adjacent to an activating group) is 1. The zero-order valence-electron chi connectivity index (χ0n) is 13.2. The summed E-state index contributed by atoms with van der Waals surface area (Å²) in [5.74, 6) is -0.236. The Labute approximate surface area is 141 Å². The van der Waals surface area contributed by atoms with Gasteiger partial charge in [-0.1, -0.05) is 12.1 Å². The predicted octanol–water partition coefficient (Wildman–Crippen LogP) is 3.59. The highest BCUT2D eigenvalue weighted by atomic mass is 32.1. The summed E-state index contributed by atoms with van der Waals surface area (Å²) in [7, 11) is 0. The Morgan fingerprint density at radius 3 is 2.42 bits per heavy atom. The highest BCUT2D eigenvalue weighted by Crippen LogP contribution is 2.33. The highest BCUT2D eigenvalue weighted by molar-refractivity contribution is 7.17. The Kier molecular flexibility index (Phi) is 5.61. The number of halogens is 3. The maximum Gasteiger partial charge on any atom is 0.416 e. The van der Waals surface area contributed by atoms with Crippen LogP contribution in [0.3, 0.4) is 0 Å². The van der Waals surface area contributed by atoms with E-state index in [0.717, 1.165) is 23.5 Å². The third-order valence-electron chi connectivity index (χ3n) is 3.49. The number of carbonyl (C=O) groups is 1. The van der Waals surface area contributed by atoms with Crippen LogP contribution >= 0.6 is 11.3 Å². The van der Waals surface area contributed by atoms with Crippen molar-refractivity contribution in [1.29, 1.82) is 0 Å². The van der Waals surface area contributed by atoms with Crippen LogP contribution in [0.15, 0.2) is 24.3 Å². The normalized spacial score (nSPS) is 11.6. The molecule has 0 fully saturated rings. The second-order valence-corrected chi connectivity index (χ2v) is 6.12. The molecule has 0 saturated heterocycles. The van der Waals surface area contributed by atoms with Crippen LogP contribution in [-0.2, 0) is 6.18 Å². The van der Waals surface area contributed by atoms with Crippen LogP contribution in [0.1, 0.15) is 27.9 Å². The molecule has 130 valence electrons. The molecular weight excluding hydrogens is 341 g/mol. The molecule has 0 aliphatic rings. The number of amides is 1. The topological polar surface area (TPSA) is 53.4 Å². The van der Waals surface area contributed by atoms with E-state index in [1.807, 2.05) is 0 Å². The molecule has 0 spiro atoms. The molecule has 0 aliphatic heterocycles. The van der Waals surface area contributed by atoms with E-state index in [4.69, 9.17) is 5.11 Å². The highest BCUT2D eigenvalue weighted by Gasteiger charge is 2.30. The first-order valence-corrected chi connectivity index (χ1v) is 8.14. The fourth-order valence-corrected chi connectivity index (χ4v) is 3.23. The van der Waals surface area contributed by atoms with Crippen LogP contribution in [0.4, 0.5) is 13.2 Å². The second-order valence-electron chi connectivity index (χ2n) is 5.12. The number of rotatable bonds is 5. The minimum Gasteiger partial charge on any atom is -0.395 e. The Bertz CT molecular complexity index is 711. The van der Waals surface area contributed by atoms with Crippen LogP contribution in [-0.4, -0.2) is 40.6 Å². The minimum absolute atomic E-state index is 0.136. The van der Waals surface area contributed by atoms with E-state index in [1.165, 1.54) is 17.0 Å². The molecule has 0 bridgehead atoms. The lowest BCUT2D eigenvalue weighted by molar-refractivity contribution is -0.137. The van der Waals surface area contributed by atoms with Gasteiger partial charge in [0.1, 0.15) is 9.88 Å². The van der Waals surface area contributed by atoms with E-state index < -0.39 is 11.7 Å². The maximum absolute atomic E-state index is 12.6. The monoisotopic (exact) mass is 358 g/mol. The number of aryl methyl sites for hydroxylation is 1. The summed E-state index contributed by atoms with van der Waals surface area (Å²) >= 11 is 1.14. The van der Waals surface area contributed by atoms with Crippen LogP contribution in [0.25, 0.3) is 10.6 Å². The summed E-state index contributed by atoms with van der Waals surface area (Å²) in [6.07, 6.45) is -4.38.